The monoisotopic (exact) mass is 472 g/mol. The van der Waals surface area contributed by atoms with Gasteiger partial charge < -0.3 is 15.4 Å². The zero-order valence-electron chi connectivity index (χ0n) is 20.1. The Hall–Kier alpha value is -4.46. The van der Waals surface area contributed by atoms with Crippen LogP contribution in [0.15, 0.2) is 65.8 Å². The first kappa shape index (κ1) is 25.2. The van der Waals surface area contributed by atoms with Gasteiger partial charge in [-0.2, -0.15) is 5.10 Å². The van der Waals surface area contributed by atoms with E-state index in [-0.39, 0.29) is 12.5 Å². The van der Waals surface area contributed by atoms with Crippen LogP contribution in [0, 0.1) is 27.7 Å². The fourth-order valence-electron chi connectivity index (χ4n) is 3.51. The van der Waals surface area contributed by atoms with E-state index in [1.165, 1.54) is 6.21 Å². The van der Waals surface area contributed by atoms with E-state index in [1.807, 2.05) is 45.9 Å². The van der Waals surface area contributed by atoms with Crippen molar-refractivity contribution in [3.63, 3.8) is 0 Å². The Bertz CT molecular complexity index is 1260. The molecule has 3 aromatic carbocycles. The Morgan fingerprint density at radius 3 is 2.26 bits per heavy atom. The van der Waals surface area contributed by atoms with Gasteiger partial charge >= 0.3 is 11.8 Å². The number of hydrogen-bond donors (Lipinski definition) is 3. The number of hydrazone groups is 1. The van der Waals surface area contributed by atoms with Crippen LogP contribution in [-0.2, 0) is 14.4 Å². The molecule has 0 spiro atoms. The van der Waals surface area contributed by atoms with E-state index in [0.717, 1.165) is 27.9 Å². The van der Waals surface area contributed by atoms with Crippen molar-refractivity contribution in [2.24, 2.45) is 5.10 Å². The molecule has 8 heteroatoms. The summed E-state index contributed by atoms with van der Waals surface area (Å²) in [4.78, 5) is 36.4. The number of carbonyl (C=O) groups excluding carboxylic acids is 3. The minimum atomic E-state index is -0.895. The Balaban J connectivity index is 1.51. The van der Waals surface area contributed by atoms with E-state index in [9.17, 15) is 14.4 Å². The molecule has 0 heterocycles. The van der Waals surface area contributed by atoms with Gasteiger partial charge in [-0.25, -0.2) is 5.43 Å². The van der Waals surface area contributed by atoms with Crippen molar-refractivity contribution in [2.45, 2.75) is 27.7 Å². The van der Waals surface area contributed by atoms with Crippen molar-refractivity contribution >= 4 is 35.3 Å². The van der Waals surface area contributed by atoms with Gasteiger partial charge in [0.1, 0.15) is 5.75 Å². The van der Waals surface area contributed by atoms with Crippen molar-refractivity contribution in [3.05, 3.63) is 88.5 Å². The van der Waals surface area contributed by atoms with Gasteiger partial charge in [-0.1, -0.05) is 42.0 Å². The summed E-state index contributed by atoms with van der Waals surface area (Å²) in [5, 5.41) is 9.22. The van der Waals surface area contributed by atoms with E-state index in [1.54, 1.807) is 42.5 Å². The highest BCUT2D eigenvalue weighted by Crippen LogP contribution is 2.22. The maximum absolute atomic E-state index is 12.4. The second-order valence-corrected chi connectivity index (χ2v) is 8.21. The van der Waals surface area contributed by atoms with E-state index in [2.05, 4.69) is 21.2 Å². The lowest BCUT2D eigenvalue weighted by Crippen LogP contribution is -2.32. The summed E-state index contributed by atoms with van der Waals surface area (Å²) in [6.45, 7) is 7.63. The summed E-state index contributed by atoms with van der Waals surface area (Å²) in [6.07, 6.45) is 1.38. The molecule has 35 heavy (non-hydrogen) atoms. The fraction of sp³-hybridized carbons (Fsp3) is 0.185. The zero-order valence-corrected chi connectivity index (χ0v) is 20.1. The predicted octanol–water partition coefficient (Wildman–Crippen LogP) is 4.03. The van der Waals surface area contributed by atoms with E-state index >= 15 is 0 Å². The van der Waals surface area contributed by atoms with Crippen molar-refractivity contribution in [1.82, 2.24) is 5.43 Å². The van der Waals surface area contributed by atoms with Crippen LogP contribution in [0.5, 0.6) is 5.75 Å². The third-order valence-electron chi connectivity index (χ3n) is 5.03. The number of aryl methyl sites for hydroxylation is 4. The smallest absolute Gasteiger partial charge is 0.329 e. The molecular weight excluding hydrogens is 444 g/mol. The van der Waals surface area contributed by atoms with Crippen molar-refractivity contribution < 1.29 is 19.1 Å². The van der Waals surface area contributed by atoms with Gasteiger partial charge in [0.2, 0.25) is 0 Å². The van der Waals surface area contributed by atoms with Crippen LogP contribution in [0.3, 0.4) is 0 Å². The van der Waals surface area contributed by atoms with Crippen LogP contribution in [0.25, 0.3) is 0 Å². The molecule has 0 saturated heterocycles. The van der Waals surface area contributed by atoms with Gasteiger partial charge in [0, 0.05) is 11.4 Å². The molecule has 0 atom stereocenters. The number of anilines is 2. The molecular formula is C27H28N4O4. The Labute approximate surface area is 204 Å². The summed E-state index contributed by atoms with van der Waals surface area (Å²) < 4.78 is 5.60. The summed E-state index contributed by atoms with van der Waals surface area (Å²) in [5.41, 5.74) is 8.19. The molecule has 0 bridgehead atoms. The minimum Gasteiger partial charge on any atom is -0.484 e. The van der Waals surface area contributed by atoms with Crippen molar-refractivity contribution in [3.8, 4) is 5.75 Å². The Morgan fingerprint density at radius 1 is 0.829 bits per heavy atom. The highest BCUT2D eigenvalue weighted by atomic mass is 16.5. The molecule has 0 radical (unpaired) electrons. The molecule has 8 nitrogen and oxygen atoms in total. The number of nitrogens with zero attached hydrogens (tertiary/aromatic N) is 1. The maximum Gasteiger partial charge on any atom is 0.329 e. The van der Waals surface area contributed by atoms with Crippen LogP contribution in [-0.4, -0.2) is 30.5 Å². The lowest BCUT2D eigenvalue weighted by molar-refractivity contribution is -0.136. The molecule has 180 valence electrons. The Morgan fingerprint density at radius 2 is 1.54 bits per heavy atom. The van der Waals surface area contributed by atoms with Gasteiger partial charge in [-0.05, 0) is 74.2 Å². The SMILES string of the molecule is Cc1cccc(NC(=O)C(=O)N/N=C\c2cccc(OCC(=O)Nc3c(C)cc(C)cc3C)c2)c1. The number of amides is 3. The second-order valence-electron chi connectivity index (χ2n) is 8.21. The molecule has 0 saturated carbocycles. The minimum absolute atomic E-state index is 0.163. The maximum atomic E-state index is 12.4. The van der Waals surface area contributed by atoms with E-state index in [4.69, 9.17) is 4.74 Å². The van der Waals surface area contributed by atoms with Crippen LogP contribution in [0.4, 0.5) is 11.4 Å². The highest BCUT2D eigenvalue weighted by Gasteiger charge is 2.13. The molecule has 3 N–H and O–H groups in total. The van der Waals surface area contributed by atoms with E-state index < -0.39 is 11.8 Å². The topological polar surface area (TPSA) is 109 Å². The normalized spacial score (nSPS) is 10.6. The number of rotatable bonds is 7. The molecule has 0 aliphatic heterocycles. The first-order chi connectivity index (χ1) is 16.7. The summed E-state index contributed by atoms with van der Waals surface area (Å²) >= 11 is 0. The summed E-state index contributed by atoms with van der Waals surface area (Å²) in [6, 6.07) is 18.0. The number of ether oxygens (including phenoxy) is 1. The number of nitrogens with one attached hydrogen (secondary N) is 3. The summed E-state index contributed by atoms with van der Waals surface area (Å²) in [5.74, 6) is -1.53. The molecule has 0 aliphatic carbocycles. The standard InChI is InChI=1S/C27H28N4O4/c1-17-7-5-9-22(13-17)29-26(33)27(34)31-28-15-21-8-6-10-23(14-21)35-16-24(32)30-25-19(3)11-18(2)12-20(25)4/h5-15H,16H2,1-4H3,(H,29,33)(H,30,32)(H,31,34)/b28-15-. The highest BCUT2D eigenvalue weighted by molar-refractivity contribution is 6.39. The van der Waals surface area contributed by atoms with Crippen LogP contribution >= 0.6 is 0 Å². The Kier molecular flexibility index (Phi) is 8.34. The van der Waals surface area contributed by atoms with Gasteiger partial charge in [0.05, 0.1) is 6.21 Å². The third kappa shape index (κ3) is 7.53. The molecule has 0 aromatic heterocycles. The van der Waals surface area contributed by atoms with Gasteiger partial charge in [0.15, 0.2) is 6.61 Å². The predicted molar refractivity (Wildman–Crippen MR) is 137 cm³/mol. The van der Waals surface area contributed by atoms with Gasteiger partial charge in [-0.15, -0.1) is 0 Å². The first-order valence-corrected chi connectivity index (χ1v) is 11.0. The van der Waals surface area contributed by atoms with Gasteiger partial charge in [-0.3, -0.25) is 14.4 Å². The largest absolute Gasteiger partial charge is 0.484 e. The number of hydrogen-bond acceptors (Lipinski definition) is 5. The van der Waals surface area contributed by atoms with Crippen molar-refractivity contribution in [2.75, 3.05) is 17.2 Å². The molecule has 0 aliphatic rings. The number of carbonyl (C=O) groups is 3. The first-order valence-electron chi connectivity index (χ1n) is 11.0. The summed E-state index contributed by atoms with van der Waals surface area (Å²) in [7, 11) is 0. The average Bonchev–Trinajstić information content (AvgIpc) is 2.80. The molecule has 0 fully saturated rings. The molecule has 3 amide bonds. The van der Waals surface area contributed by atoms with Gasteiger partial charge in [0.25, 0.3) is 5.91 Å². The van der Waals surface area contributed by atoms with Crippen LogP contribution in [0.1, 0.15) is 27.8 Å². The van der Waals surface area contributed by atoms with Crippen LogP contribution in [0.2, 0.25) is 0 Å². The van der Waals surface area contributed by atoms with E-state index in [0.29, 0.717) is 17.0 Å². The average molecular weight is 473 g/mol. The second kappa shape index (κ2) is 11.6. The number of benzene rings is 3. The quantitative estimate of drug-likeness (QED) is 0.274. The third-order valence-corrected chi connectivity index (χ3v) is 5.03. The lowest BCUT2D eigenvalue weighted by atomic mass is 10.1. The van der Waals surface area contributed by atoms with Crippen LogP contribution < -0.4 is 20.8 Å². The molecule has 3 rings (SSSR count). The molecule has 0 unspecified atom stereocenters. The lowest BCUT2D eigenvalue weighted by Gasteiger charge is -2.13. The molecule has 3 aromatic rings. The zero-order chi connectivity index (χ0) is 25.4. The fourth-order valence-corrected chi connectivity index (χ4v) is 3.51. The van der Waals surface area contributed by atoms with Crippen molar-refractivity contribution in [1.29, 1.82) is 0 Å².